The number of hydrogen-bond acceptors (Lipinski definition) is 1. The number of carboxylic acid groups (broad SMARTS) is 1. The van der Waals surface area contributed by atoms with Gasteiger partial charge in [0.25, 0.3) is 0 Å². The monoisotopic (exact) mass is 209 g/mol. The lowest BCUT2D eigenvalue weighted by molar-refractivity contribution is -0.141. The van der Waals surface area contributed by atoms with Crippen molar-refractivity contribution in [3.63, 3.8) is 0 Å². The Hall–Kier alpha value is -1.25. The molecular weight excluding hydrogens is 190 g/mol. The lowest BCUT2D eigenvalue weighted by Crippen LogP contribution is -2.19. The van der Waals surface area contributed by atoms with Crippen molar-refractivity contribution in [1.82, 2.24) is 4.57 Å². The minimum atomic E-state index is -0.751. The summed E-state index contributed by atoms with van der Waals surface area (Å²) in [4.78, 5) is 11.1. The maximum absolute atomic E-state index is 11.1. The van der Waals surface area contributed by atoms with E-state index < -0.39 is 12.0 Å². The van der Waals surface area contributed by atoms with Gasteiger partial charge >= 0.3 is 5.97 Å². The predicted octanol–water partition coefficient (Wildman–Crippen LogP) is 2.78. The molecule has 0 amide bonds. The van der Waals surface area contributed by atoms with E-state index in [1.54, 1.807) is 0 Å². The molecule has 1 atom stereocenters. The van der Waals surface area contributed by atoms with Gasteiger partial charge in [-0.15, -0.1) is 0 Å². The summed E-state index contributed by atoms with van der Waals surface area (Å²) in [7, 11) is 0. The Labute approximate surface area is 90.7 Å². The van der Waals surface area contributed by atoms with Gasteiger partial charge in [0, 0.05) is 12.4 Å². The van der Waals surface area contributed by atoms with Crippen LogP contribution in [0, 0.1) is 19.8 Å². The summed E-state index contributed by atoms with van der Waals surface area (Å²) in [6.07, 6.45) is 4.50. The molecule has 1 aromatic heterocycles. The molecule has 84 valence electrons. The molecule has 3 heteroatoms. The zero-order chi connectivity index (χ0) is 11.6. The van der Waals surface area contributed by atoms with Crippen LogP contribution in [0.1, 0.15) is 37.4 Å². The highest BCUT2D eigenvalue weighted by Gasteiger charge is 2.20. The van der Waals surface area contributed by atoms with Gasteiger partial charge in [0.2, 0.25) is 0 Å². The molecule has 0 aliphatic rings. The van der Waals surface area contributed by atoms with Gasteiger partial charge in [-0.2, -0.15) is 0 Å². The predicted molar refractivity (Wildman–Crippen MR) is 60.0 cm³/mol. The standard InChI is InChI=1S/C12H19NO2/c1-8(2)5-11(12(14)15)13-6-9(3)10(4)7-13/h6-8,11H,5H2,1-4H3,(H,14,15). The Bertz CT molecular complexity index is 333. The quantitative estimate of drug-likeness (QED) is 0.828. The van der Waals surface area contributed by atoms with Crippen molar-refractivity contribution in [2.45, 2.75) is 40.2 Å². The molecule has 1 rings (SSSR count). The molecule has 0 aliphatic carbocycles. The van der Waals surface area contributed by atoms with Gasteiger partial charge in [0.05, 0.1) is 0 Å². The SMILES string of the molecule is Cc1cn(C(CC(C)C)C(=O)O)cc1C. The molecule has 0 aliphatic heterocycles. The number of nitrogens with zero attached hydrogens (tertiary/aromatic N) is 1. The zero-order valence-electron chi connectivity index (χ0n) is 9.82. The molecule has 1 aromatic rings. The largest absolute Gasteiger partial charge is 0.480 e. The summed E-state index contributed by atoms with van der Waals surface area (Å²) in [5.41, 5.74) is 2.29. The summed E-state index contributed by atoms with van der Waals surface area (Å²) >= 11 is 0. The van der Waals surface area contributed by atoms with Crippen LogP contribution in [0.15, 0.2) is 12.4 Å². The van der Waals surface area contributed by atoms with Crippen LogP contribution in [0.4, 0.5) is 0 Å². The lowest BCUT2D eigenvalue weighted by atomic mass is 10.0. The molecular formula is C12H19NO2. The van der Waals surface area contributed by atoms with Crippen molar-refractivity contribution < 1.29 is 9.90 Å². The van der Waals surface area contributed by atoms with Crippen molar-refractivity contribution in [2.24, 2.45) is 5.92 Å². The zero-order valence-corrected chi connectivity index (χ0v) is 9.82. The first-order valence-electron chi connectivity index (χ1n) is 5.29. The molecule has 0 fully saturated rings. The second-order valence-corrected chi connectivity index (χ2v) is 4.56. The van der Waals surface area contributed by atoms with E-state index in [4.69, 9.17) is 5.11 Å². The highest BCUT2D eigenvalue weighted by Crippen LogP contribution is 2.20. The van der Waals surface area contributed by atoms with E-state index in [-0.39, 0.29) is 0 Å². The Balaban J connectivity index is 2.94. The third-order valence-corrected chi connectivity index (χ3v) is 2.65. The fourth-order valence-corrected chi connectivity index (χ4v) is 1.66. The number of aryl methyl sites for hydroxylation is 2. The summed E-state index contributed by atoms with van der Waals surface area (Å²) in [5, 5.41) is 9.15. The van der Waals surface area contributed by atoms with Gasteiger partial charge in [-0.25, -0.2) is 4.79 Å². The molecule has 3 nitrogen and oxygen atoms in total. The molecule has 1 N–H and O–H groups in total. The number of rotatable bonds is 4. The molecule has 0 bridgehead atoms. The van der Waals surface area contributed by atoms with Gasteiger partial charge in [-0.05, 0) is 37.3 Å². The van der Waals surface area contributed by atoms with Crippen LogP contribution in [0.5, 0.6) is 0 Å². The number of carbonyl (C=O) groups is 1. The van der Waals surface area contributed by atoms with Crippen LogP contribution in [0.25, 0.3) is 0 Å². The van der Waals surface area contributed by atoms with Crippen molar-refractivity contribution in [2.75, 3.05) is 0 Å². The Morgan fingerprint density at radius 3 is 2.13 bits per heavy atom. The molecule has 0 aromatic carbocycles. The van der Waals surface area contributed by atoms with E-state index >= 15 is 0 Å². The molecule has 15 heavy (non-hydrogen) atoms. The third-order valence-electron chi connectivity index (χ3n) is 2.65. The molecule has 0 saturated heterocycles. The fraction of sp³-hybridized carbons (Fsp3) is 0.583. The average Bonchev–Trinajstić information content (AvgIpc) is 2.42. The van der Waals surface area contributed by atoms with Crippen molar-refractivity contribution in [3.05, 3.63) is 23.5 Å². The van der Waals surface area contributed by atoms with E-state index in [1.165, 1.54) is 0 Å². The first-order chi connectivity index (χ1) is 6.91. The lowest BCUT2D eigenvalue weighted by Gasteiger charge is -2.16. The van der Waals surface area contributed by atoms with Crippen LogP contribution in [0.2, 0.25) is 0 Å². The highest BCUT2D eigenvalue weighted by atomic mass is 16.4. The van der Waals surface area contributed by atoms with E-state index in [9.17, 15) is 4.79 Å². The van der Waals surface area contributed by atoms with E-state index in [0.717, 1.165) is 11.1 Å². The first kappa shape index (κ1) is 11.8. The number of carboxylic acids is 1. The molecule has 1 unspecified atom stereocenters. The van der Waals surface area contributed by atoms with Gasteiger partial charge in [-0.3, -0.25) is 0 Å². The van der Waals surface area contributed by atoms with Crippen molar-refractivity contribution in [3.8, 4) is 0 Å². The number of hydrogen-bond donors (Lipinski definition) is 1. The minimum absolute atomic E-state index is 0.383. The van der Waals surface area contributed by atoms with E-state index in [2.05, 4.69) is 0 Å². The topological polar surface area (TPSA) is 42.2 Å². The fourth-order valence-electron chi connectivity index (χ4n) is 1.66. The number of aliphatic carboxylic acids is 1. The maximum atomic E-state index is 11.1. The second kappa shape index (κ2) is 4.51. The van der Waals surface area contributed by atoms with Crippen molar-refractivity contribution >= 4 is 5.97 Å². The van der Waals surface area contributed by atoms with E-state index in [1.807, 2.05) is 44.7 Å². The summed E-state index contributed by atoms with van der Waals surface area (Å²) in [5.74, 6) is -0.368. The molecule has 0 radical (unpaired) electrons. The first-order valence-corrected chi connectivity index (χ1v) is 5.29. The second-order valence-electron chi connectivity index (χ2n) is 4.56. The highest BCUT2D eigenvalue weighted by molar-refractivity contribution is 5.72. The smallest absolute Gasteiger partial charge is 0.326 e. The Morgan fingerprint density at radius 2 is 1.80 bits per heavy atom. The van der Waals surface area contributed by atoms with Gasteiger partial charge < -0.3 is 9.67 Å². The number of aromatic nitrogens is 1. The Kier molecular flexibility index (Phi) is 3.56. The molecule has 0 saturated carbocycles. The Morgan fingerprint density at radius 1 is 1.33 bits per heavy atom. The van der Waals surface area contributed by atoms with Gasteiger partial charge in [-0.1, -0.05) is 13.8 Å². The minimum Gasteiger partial charge on any atom is -0.480 e. The average molecular weight is 209 g/mol. The molecule has 0 spiro atoms. The summed E-state index contributed by atoms with van der Waals surface area (Å²) in [6, 6.07) is -0.433. The van der Waals surface area contributed by atoms with Crippen LogP contribution < -0.4 is 0 Å². The van der Waals surface area contributed by atoms with Gasteiger partial charge in [0.1, 0.15) is 6.04 Å². The van der Waals surface area contributed by atoms with Gasteiger partial charge in [0.15, 0.2) is 0 Å². The van der Waals surface area contributed by atoms with Crippen molar-refractivity contribution in [1.29, 1.82) is 0 Å². The van der Waals surface area contributed by atoms with Crippen LogP contribution in [-0.2, 0) is 4.79 Å². The van der Waals surface area contributed by atoms with E-state index in [0.29, 0.717) is 12.3 Å². The molecule has 1 heterocycles. The summed E-state index contributed by atoms with van der Waals surface area (Å²) in [6.45, 7) is 8.08. The third kappa shape index (κ3) is 2.85. The normalized spacial score (nSPS) is 13.1. The summed E-state index contributed by atoms with van der Waals surface area (Å²) < 4.78 is 1.81. The maximum Gasteiger partial charge on any atom is 0.326 e. The van der Waals surface area contributed by atoms with Crippen LogP contribution in [0.3, 0.4) is 0 Å². The van der Waals surface area contributed by atoms with Crippen LogP contribution >= 0.6 is 0 Å². The van der Waals surface area contributed by atoms with Crippen LogP contribution in [-0.4, -0.2) is 15.6 Å².